The van der Waals surface area contributed by atoms with Crippen LogP contribution in [0, 0.1) is 32.1 Å². The number of amides is 2. The van der Waals surface area contributed by atoms with Gasteiger partial charge in [0.25, 0.3) is 11.8 Å². The van der Waals surface area contributed by atoms with Crippen LogP contribution in [0.4, 0.5) is 11.4 Å². The molecule has 0 atom stereocenters. The summed E-state index contributed by atoms with van der Waals surface area (Å²) in [5.41, 5.74) is 4.85. The third-order valence-electron chi connectivity index (χ3n) is 5.35. The monoisotopic (exact) mass is 483 g/mol. The van der Waals surface area contributed by atoms with Crippen molar-refractivity contribution < 1.29 is 19.1 Å². The Morgan fingerprint density at radius 1 is 0.889 bits per heavy atom. The molecule has 36 heavy (non-hydrogen) atoms. The van der Waals surface area contributed by atoms with Gasteiger partial charge in [-0.2, -0.15) is 5.26 Å². The normalized spacial score (nSPS) is 10.8. The smallest absolute Gasteiger partial charge is 0.266 e. The summed E-state index contributed by atoms with van der Waals surface area (Å²) in [4.78, 5) is 25.1. The first-order valence-corrected chi connectivity index (χ1v) is 11.6. The van der Waals surface area contributed by atoms with Crippen molar-refractivity contribution >= 4 is 29.3 Å². The number of carbonyl (C=O) groups is 2. The van der Waals surface area contributed by atoms with Gasteiger partial charge in [-0.3, -0.25) is 9.59 Å². The Morgan fingerprint density at radius 2 is 1.64 bits per heavy atom. The molecule has 3 rings (SSSR count). The van der Waals surface area contributed by atoms with E-state index in [1.807, 2.05) is 76.2 Å². The van der Waals surface area contributed by atoms with Crippen LogP contribution < -0.4 is 20.1 Å². The van der Waals surface area contributed by atoms with Crippen molar-refractivity contribution in [3.8, 4) is 17.6 Å². The average Bonchev–Trinajstić information content (AvgIpc) is 2.85. The Hall–Kier alpha value is -4.57. The molecule has 0 aromatic heterocycles. The largest absolute Gasteiger partial charge is 0.490 e. The van der Waals surface area contributed by atoms with Gasteiger partial charge in [0.05, 0.1) is 6.61 Å². The van der Waals surface area contributed by atoms with Gasteiger partial charge in [0.15, 0.2) is 18.1 Å². The van der Waals surface area contributed by atoms with Crippen LogP contribution in [0.3, 0.4) is 0 Å². The van der Waals surface area contributed by atoms with E-state index < -0.39 is 5.91 Å². The predicted molar refractivity (Wildman–Crippen MR) is 141 cm³/mol. The molecule has 184 valence electrons. The zero-order valence-electron chi connectivity index (χ0n) is 20.8. The maximum atomic E-state index is 12.7. The SMILES string of the molecule is CCOc1cc(/C=C(/C#N)C(=O)Nc2ccc(C)cc2C)ccc1OCC(=O)Nc1ccccc1C. The highest BCUT2D eigenvalue weighted by Crippen LogP contribution is 2.30. The van der Waals surface area contributed by atoms with E-state index in [0.29, 0.717) is 29.4 Å². The molecule has 3 aromatic carbocycles. The van der Waals surface area contributed by atoms with Crippen LogP contribution in [0.1, 0.15) is 29.2 Å². The molecule has 2 N–H and O–H groups in total. The number of rotatable bonds is 9. The molecular weight excluding hydrogens is 454 g/mol. The van der Waals surface area contributed by atoms with Crippen LogP contribution in [0.2, 0.25) is 0 Å². The van der Waals surface area contributed by atoms with Gasteiger partial charge in [-0.25, -0.2) is 0 Å². The lowest BCUT2D eigenvalue weighted by Gasteiger charge is -2.13. The van der Waals surface area contributed by atoms with Crippen LogP contribution in [0.25, 0.3) is 6.08 Å². The Morgan fingerprint density at radius 3 is 2.33 bits per heavy atom. The summed E-state index contributed by atoms with van der Waals surface area (Å²) in [5, 5.41) is 15.2. The number of hydrogen-bond donors (Lipinski definition) is 2. The fraction of sp³-hybridized carbons (Fsp3) is 0.207. The van der Waals surface area contributed by atoms with Crippen LogP contribution in [-0.2, 0) is 9.59 Å². The Bertz CT molecular complexity index is 1340. The molecule has 0 heterocycles. The highest BCUT2D eigenvalue weighted by molar-refractivity contribution is 6.10. The minimum absolute atomic E-state index is 0.0521. The molecular formula is C29H29N3O4. The van der Waals surface area contributed by atoms with Gasteiger partial charge in [-0.1, -0.05) is 42.0 Å². The minimum Gasteiger partial charge on any atom is -0.490 e. The van der Waals surface area contributed by atoms with E-state index in [-0.39, 0.29) is 18.1 Å². The summed E-state index contributed by atoms with van der Waals surface area (Å²) in [7, 11) is 0. The molecule has 0 radical (unpaired) electrons. The fourth-order valence-corrected chi connectivity index (χ4v) is 3.50. The molecule has 0 saturated heterocycles. The molecule has 0 unspecified atom stereocenters. The van der Waals surface area contributed by atoms with Gasteiger partial charge < -0.3 is 20.1 Å². The molecule has 0 aliphatic rings. The van der Waals surface area contributed by atoms with Crippen LogP contribution in [-0.4, -0.2) is 25.0 Å². The summed E-state index contributed by atoms with van der Waals surface area (Å²) in [6, 6.07) is 20.1. The topological polar surface area (TPSA) is 100 Å². The first-order chi connectivity index (χ1) is 17.3. The number of ether oxygens (including phenoxy) is 2. The van der Waals surface area contributed by atoms with Crippen LogP contribution in [0.15, 0.2) is 66.2 Å². The van der Waals surface area contributed by atoms with Crippen molar-refractivity contribution in [3.05, 3.63) is 88.5 Å². The minimum atomic E-state index is -0.504. The Kier molecular flexibility index (Phi) is 8.84. The molecule has 0 spiro atoms. The number of hydrogen-bond acceptors (Lipinski definition) is 5. The number of carbonyl (C=O) groups excluding carboxylic acids is 2. The summed E-state index contributed by atoms with van der Waals surface area (Å²) < 4.78 is 11.4. The van der Waals surface area contributed by atoms with E-state index in [0.717, 1.165) is 22.4 Å². The van der Waals surface area contributed by atoms with Gasteiger partial charge in [0, 0.05) is 11.4 Å². The zero-order chi connectivity index (χ0) is 26.1. The second-order valence-corrected chi connectivity index (χ2v) is 8.23. The Balaban J connectivity index is 1.73. The molecule has 0 saturated carbocycles. The van der Waals surface area contributed by atoms with Gasteiger partial charge in [0.1, 0.15) is 11.6 Å². The third-order valence-corrected chi connectivity index (χ3v) is 5.35. The second-order valence-electron chi connectivity index (χ2n) is 8.23. The van der Waals surface area contributed by atoms with Crippen molar-refractivity contribution in [3.63, 3.8) is 0 Å². The summed E-state index contributed by atoms with van der Waals surface area (Å²) in [5.74, 6) is -0.0182. The van der Waals surface area contributed by atoms with E-state index in [4.69, 9.17) is 9.47 Å². The third kappa shape index (κ3) is 6.97. The highest BCUT2D eigenvalue weighted by Gasteiger charge is 2.13. The standard InChI is InChI=1S/C29H29N3O4/c1-5-35-27-16-22(15-23(17-30)29(34)32-25-12-10-19(2)14-21(25)4)11-13-26(27)36-18-28(33)31-24-9-7-6-8-20(24)3/h6-16H,5,18H2,1-4H3,(H,31,33)(H,32,34)/b23-15-. The molecule has 3 aromatic rings. The molecule has 0 fully saturated rings. The average molecular weight is 484 g/mol. The number of anilines is 2. The lowest BCUT2D eigenvalue weighted by molar-refractivity contribution is -0.118. The number of aryl methyl sites for hydroxylation is 3. The van der Waals surface area contributed by atoms with Crippen LogP contribution in [0.5, 0.6) is 11.5 Å². The molecule has 7 heteroatoms. The lowest BCUT2D eigenvalue weighted by Crippen LogP contribution is -2.20. The van der Waals surface area contributed by atoms with Crippen molar-refractivity contribution in [1.82, 2.24) is 0 Å². The van der Waals surface area contributed by atoms with Crippen molar-refractivity contribution in [2.75, 3.05) is 23.8 Å². The van der Waals surface area contributed by atoms with Gasteiger partial charge in [0.2, 0.25) is 0 Å². The highest BCUT2D eigenvalue weighted by atomic mass is 16.5. The van der Waals surface area contributed by atoms with Crippen LogP contribution >= 0.6 is 0 Å². The fourth-order valence-electron chi connectivity index (χ4n) is 3.50. The second kappa shape index (κ2) is 12.2. The molecule has 7 nitrogen and oxygen atoms in total. The first kappa shape index (κ1) is 26.0. The Labute approximate surface area is 211 Å². The van der Waals surface area contributed by atoms with Crippen molar-refractivity contribution in [2.24, 2.45) is 0 Å². The maximum Gasteiger partial charge on any atom is 0.266 e. The number of nitrogens with one attached hydrogen (secondary N) is 2. The van der Waals surface area contributed by atoms with Crippen molar-refractivity contribution in [1.29, 1.82) is 5.26 Å². The number of para-hydroxylation sites is 1. The number of nitrogens with zero attached hydrogens (tertiary/aromatic N) is 1. The summed E-state index contributed by atoms with van der Waals surface area (Å²) >= 11 is 0. The quantitative estimate of drug-likeness (QED) is 0.306. The van der Waals surface area contributed by atoms with E-state index in [2.05, 4.69) is 10.6 Å². The maximum absolute atomic E-state index is 12.7. The van der Waals surface area contributed by atoms with Crippen molar-refractivity contribution in [2.45, 2.75) is 27.7 Å². The molecule has 0 aliphatic heterocycles. The first-order valence-electron chi connectivity index (χ1n) is 11.6. The molecule has 0 bridgehead atoms. The van der Waals surface area contributed by atoms with E-state index in [9.17, 15) is 14.9 Å². The van der Waals surface area contributed by atoms with E-state index in [1.165, 1.54) is 6.08 Å². The predicted octanol–water partition coefficient (Wildman–Crippen LogP) is 5.57. The number of nitriles is 1. The van der Waals surface area contributed by atoms with E-state index >= 15 is 0 Å². The zero-order valence-corrected chi connectivity index (χ0v) is 20.8. The summed E-state index contributed by atoms with van der Waals surface area (Å²) in [6.45, 7) is 7.78. The van der Waals surface area contributed by atoms with E-state index in [1.54, 1.807) is 18.2 Å². The van der Waals surface area contributed by atoms with Gasteiger partial charge in [-0.05, 0) is 74.7 Å². The molecule has 2 amide bonds. The summed E-state index contributed by atoms with van der Waals surface area (Å²) in [6.07, 6.45) is 1.48. The number of benzene rings is 3. The van der Waals surface area contributed by atoms with Gasteiger partial charge >= 0.3 is 0 Å². The lowest BCUT2D eigenvalue weighted by atomic mass is 10.1. The van der Waals surface area contributed by atoms with Gasteiger partial charge in [-0.15, -0.1) is 0 Å². The molecule has 0 aliphatic carbocycles.